The highest BCUT2D eigenvalue weighted by molar-refractivity contribution is 7.76. The Morgan fingerprint density at radius 3 is 2.27 bits per heavy atom. The number of para-hydroxylation sites is 1. The van der Waals surface area contributed by atoms with Gasteiger partial charge in [-0.2, -0.15) is 0 Å². The molecule has 0 amide bonds. The third kappa shape index (κ3) is 4.69. The maximum absolute atomic E-state index is 13.2. The first-order valence-electron chi connectivity index (χ1n) is 15.2. The molecule has 0 unspecified atom stereocenters. The zero-order valence-corrected chi connectivity index (χ0v) is 26.1. The largest absolute Gasteiger partial charge is 0.466 e. The third-order valence-corrected chi connectivity index (χ3v) is 12.1. The molecule has 1 N–H and O–H groups in total. The number of benzene rings is 3. The third-order valence-electron chi connectivity index (χ3n) is 9.59. The van der Waals surface area contributed by atoms with E-state index in [2.05, 4.69) is 115 Å². The molecule has 44 heavy (non-hydrogen) atoms. The molecule has 3 aromatic rings. The zero-order valence-electron chi connectivity index (χ0n) is 25.2. The number of esters is 2. The van der Waals surface area contributed by atoms with E-state index in [1.807, 2.05) is 6.07 Å². The van der Waals surface area contributed by atoms with Gasteiger partial charge < -0.3 is 14.8 Å². The van der Waals surface area contributed by atoms with Crippen LogP contribution in [0.25, 0.3) is 0 Å². The van der Waals surface area contributed by atoms with Crippen molar-refractivity contribution >= 4 is 36.2 Å². The first-order chi connectivity index (χ1) is 21.4. The highest BCUT2D eigenvalue weighted by atomic mass is 31.1. The van der Waals surface area contributed by atoms with Crippen molar-refractivity contribution in [2.75, 3.05) is 19.0 Å². The summed E-state index contributed by atoms with van der Waals surface area (Å²) in [5.74, 6) is 0.560. The first-order valence-corrected chi connectivity index (χ1v) is 16.6. The summed E-state index contributed by atoms with van der Waals surface area (Å²) in [6.07, 6.45) is 7.29. The van der Waals surface area contributed by atoms with Gasteiger partial charge in [0.05, 0.1) is 24.1 Å². The number of nitrogens with one attached hydrogen (secondary N) is 1. The summed E-state index contributed by atoms with van der Waals surface area (Å²) in [7, 11) is 0.623. The number of likely N-dealkylation sites (tertiary alicyclic amines) is 1. The lowest BCUT2D eigenvalue weighted by Crippen LogP contribution is -2.58. The molecule has 1 saturated carbocycles. The minimum atomic E-state index is -0.789. The summed E-state index contributed by atoms with van der Waals surface area (Å²) >= 11 is 0. The van der Waals surface area contributed by atoms with Crippen LogP contribution in [0.15, 0.2) is 96.2 Å². The lowest BCUT2D eigenvalue weighted by atomic mass is 9.66. The Hall–Kier alpha value is -3.47. The molecule has 7 rings (SSSR count). The summed E-state index contributed by atoms with van der Waals surface area (Å²) < 4.78 is 11.4. The van der Waals surface area contributed by atoms with Crippen molar-refractivity contribution in [3.63, 3.8) is 0 Å². The summed E-state index contributed by atoms with van der Waals surface area (Å²) in [5, 5.41) is 6.24. The second-order valence-corrected chi connectivity index (χ2v) is 14.0. The second kappa shape index (κ2) is 11.8. The van der Waals surface area contributed by atoms with Crippen LogP contribution in [0.2, 0.25) is 0 Å². The number of ether oxygens (including phenoxy) is 2. The monoisotopic (exact) mass is 603 g/mol. The van der Waals surface area contributed by atoms with Gasteiger partial charge >= 0.3 is 11.9 Å². The van der Waals surface area contributed by atoms with E-state index in [4.69, 9.17) is 9.47 Å². The lowest BCUT2D eigenvalue weighted by Gasteiger charge is -2.47. The quantitative estimate of drug-likeness (QED) is 0.287. The van der Waals surface area contributed by atoms with E-state index in [0.29, 0.717) is 12.0 Å². The molecule has 2 fully saturated rings. The maximum Gasteiger partial charge on any atom is 0.335 e. The van der Waals surface area contributed by atoms with Gasteiger partial charge in [-0.15, -0.1) is 0 Å². The van der Waals surface area contributed by atoms with Crippen LogP contribution in [0, 0.1) is 30.8 Å². The molecule has 1 saturated heterocycles. The van der Waals surface area contributed by atoms with Crippen LogP contribution in [0.3, 0.4) is 0 Å². The second-order valence-electron chi connectivity index (χ2n) is 11.8. The number of rotatable bonds is 7. The number of hydrogen-bond acceptors (Lipinski definition) is 6. The number of carbonyl (C=O) groups is 2. The van der Waals surface area contributed by atoms with Crippen molar-refractivity contribution in [3.8, 4) is 0 Å². The van der Waals surface area contributed by atoms with E-state index < -0.39 is 19.4 Å². The predicted octanol–water partition coefficient (Wildman–Crippen LogP) is 5.44. The Bertz CT molecular complexity index is 1540. The van der Waals surface area contributed by atoms with Gasteiger partial charge in [-0.1, -0.05) is 78.9 Å². The molecule has 2 heterocycles. The molecular formula is C37H36N2O4P. The summed E-state index contributed by atoms with van der Waals surface area (Å²) in [6.45, 7) is 4.52. The Morgan fingerprint density at radius 1 is 0.955 bits per heavy atom. The summed E-state index contributed by atoms with van der Waals surface area (Å²) in [5.41, 5.74) is 4.41. The van der Waals surface area contributed by atoms with Crippen LogP contribution in [0.1, 0.15) is 32.3 Å². The molecule has 0 bridgehead atoms. The fourth-order valence-corrected chi connectivity index (χ4v) is 10.4. The van der Waals surface area contributed by atoms with E-state index in [0.717, 1.165) is 29.9 Å². The average Bonchev–Trinajstić information content (AvgIpc) is 3.77. The van der Waals surface area contributed by atoms with Crippen molar-refractivity contribution in [1.29, 1.82) is 0 Å². The molecule has 5 radical (unpaired) electrons. The number of nitrogens with zero attached hydrogens (tertiary/aromatic N) is 1. The topological polar surface area (TPSA) is 67.9 Å². The minimum absolute atomic E-state index is 0.0357. The average molecular weight is 604 g/mol. The van der Waals surface area contributed by atoms with Crippen molar-refractivity contribution < 1.29 is 19.1 Å². The van der Waals surface area contributed by atoms with Gasteiger partial charge in [0.1, 0.15) is 6.10 Å². The van der Waals surface area contributed by atoms with E-state index in [1.165, 1.54) is 36.2 Å². The SMILES string of the molecule is COC(=O)C1=C2Nc3ccccc3[C@]23CCN([C@H](C)[C]2[CH][CH][CH][C]2P(c2ccccc2)c2ccccc2)[C@@H]3[C@@H](OC(C)=O)C1. The Morgan fingerprint density at radius 2 is 1.61 bits per heavy atom. The molecule has 4 atom stereocenters. The smallest absolute Gasteiger partial charge is 0.335 e. The molecule has 6 nitrogen and oxygen atoms in total. The van der Waals surface area contributed by atoms with Crippen molar-refractivity contribution in [2.24, 2.45) is 0 Å². The maximum atomic E-state index is 13.2. The molecule has 0 aromatic heterocycles. The van der Waals surface area contributed by atoms with Gasteiger partial charge in [0.2, 0.25) is 0 Å². The van der Waals surface area contributed by atoms with Crippen LogP contribution in [0.5, 0.6) is 0 Å². The van der Waals surface area contributed by atoms with Gasteiger partial charge in [-0.25, -0.2) is 4.79 Å². The molecular weight excluding hydrogens is 567 g/mol. The molecule has 2 aliphatic heterocycles. The van der Waals surface area contributed by atoms with Gasteiger partial charge in [-0.3, -0.25) is 9.69 Å². The van der Waals surface area contributed by atoms with Gasteiger partial charge in [0.15, 0.2) is 0 Å². The fourth-order valence-electron chi connectivity index (χ4n) is 7.90. The minimum Gasteiger partial charge on any atom is -0.466 e. The highest BCUT2D eigenvalue weighted by Crippen LogP contribution is 2.61. The number of fused-ring (bicyclic) bond motifs is 1. The van der Waals surface area contributed by atoms with Crippen LogP contribution in [-0.4, -0.2) is 48.7 Å². The fraction of sp³-hybridized carbons (Fsp3) is 0.270. The van der Waals surface area contributed by atoms with Crippen LogP contribution in [0.4, 0.5) is 5.69 Å². The van der Waals surface area contributed by atoms with E-state index >= 15 is 0 Å². The van der Waals surface area contributed by atoms with E-state index in [1.54, 1.807) is 0 Å². The number of anilines is 1. The Kier molecular flexibility index (Phi) is 7.84. The van der Waals surface area contributed by atoms with E-state index in [-0.39, 0.29) is 24.0 Å². The Labute approximate surface area is 261 Å². The van der Waals surface area contributed by atoms with E-state index in [9.17, 15) is 9.59 Å². The number of methoxy groups -OCH3 is 1. The van der Waals surface area contributed by atoms with Gasteiger partial charge in [0.25, 0.3) is 0 Å². The van der Waals surface area contributed by atoms with Gasteiger partial charge in [0, 0.05) is 48.9 Å². The predicted molar refractivity (Wildman–Crippen MR) is 174 cm³/mol. The number of hydrogen-bond donors (Lipinski definition) is 1. The Balaban J connectivity index is 1.31. The van der Waals surface area contributed by atoms with Crippen molar-refractivity contribution in [2.45, 2.75) is 50.3 Å². The summed E-state index contributed by atoms with van der Waals surface area (Å²) in [4.78, 5) is 28.3. The molecule has 2 aliphatic carbocycles. The molecule has 7 heteroatoms. The highest BCUT2D eigenvalue weighted by Gasteiger charge is 2.63. The molecule has 223 valence electrons. The normalized spacial score (nSPS) is 25.7. The molecule has 4 aliphatic rings. The molecule has 3 aromatic carbocycles. The standard InChI is InChI=1S/C37H36N2O4P/c1-24(28-17-12-20-33(28)44(26-13-6-4-7-14-26)27-15-8-5-9-16-27)39-22-21-37-30-18-10-11-19-31(30)38-34(37)29(36(41)42-3)23-32(35(37)39)43-25(2)40/h4-20,24,32,35,38H,21-23H2,1-3H3/t24-,32+,35-,37-/m1/s1. The number of carbonyl (C=O) groups excluding carboxylic acids is 2. The van der Waals surface area contributed by atoms with Crippen LogP contribution in [-0.2, 0) is 24.5 Å². The first kappa shape index (κ1) is 29.3. The zero-order chi connectivity index (χ0) is 30.4. The lowest BCUT2D eigenvalue weighted by molar-refractivity contribution is -0.152. The van der Waals surface area contributed by atoms with Crippen molar-refractivity contribution in [1.82, 2.24) is 4.90 Å². The van der Waals surface area contributed by atoms with Crippen LogP contribution < -0.4 is 15.9 Å². The van der Waals surface area contributed by atoms with Gasteiger partial charge in [-0.05, 0) is 62.8 Å². The summed E-state index contributed by atoms with van der Waals surface area (Å²) in [6, 6.07) is 29.7. The van der Waals surface area contributed by atoms with Crippen molar-refractivity contribution in [3.05, 3.63) is 133 Å². The molecule has 1 spiro atoms. The van der Waals surface area contributed by atoms with Crippen LogP contribution >= 0.6 is 7.92 Å².